The number of rotatable bonds is 4. The summed E-state index contributed by atoms with van der Waals surface area (Å²) in [6.07, 6.45) is 0. The molecule has 0 aliphatic heterocycles. The van der Waals surface area contributed by atoms with E-state index in [1.54, 1.807) is 11.8 Å². The van der Waals surface area contributed by atoms with Crippen molar-refractivity contribution in [2.45, 2.75) is 17.3 Å². The van der Waals surface area contributed by atoms with Gasteiger partial charge in [0.2, 0.25) is 0 Å². The highest BCUT2D eigenvalue weighted by atomic mass is 35.5. The molecule has 2 rings (SSSR count). The Morgan fingerprint density at radius 2 is 2.22 bits per heavy atom. The first-order chi connectivity index (χ1) is 8.61. The Bertz CT molecular complexity index is 541. The van der Waals surface area contributed by atoms with E-state index in [1.807, 2.05) is 42.8 Å². The highest BCUT2D eigenvalue weighted by Gasteiger charge is 2.15. The number of hydrogen-bond acceptors (Lipinski definition) is 4. The zero-order chi connectivity index (χ0) is 13.1. The molecule has 1 heterocycles. The second-order valence-electron chi connectivity index (χ2n) is 3.99. The van der Waals surface area contributed by atoms with E-state index in [1.165, 1.54) is 0 Å². The van der Waals surface area contributed by atoms with E-state index < -0.39 is 0 Å². The second kappa shape index (κ2) is 5.73. The third-order valence-corrected chi connectivity index (χ3v) is 4.29. The van der Waals surface area contributed by atoms with Gasteiger partial charge in [0.05, 0.1) is 0 Å². The van der Waals surface area contributed by atoms with E-state index in [0.717, 1.165) is 21.6 Å². The maximum atomic E-state index is 6.00. The van der Waals surface area contributed by atoms with Crippen molar-refractivity contribution in [2.24, 2.45) is 12.8 Å². The molecule has 18 heavy (non-hydrogen) atoms. The standard InChI is InChI=1S/C12H15ClN4S/c1-8-15-16-12(17(8)2)18-11(7-14)9-4-3-5-10(13)6-9/h3-6,11H,7,14H2,1-2H3. The van der Waals surface area contributed by atoms with Crippen molar-refractivity contribution in [3.63, 3.8) is 0 Å². The average molecular weight is 283 g/mol. The number of halogens is 1. The summed E-state index contributed by atoms with van der Waals surface area (Å²) in [6, 6.07) is 7.76. The van der Waals surface area contributed by atoms with Crippen LogP contribution in [0, 0.1) is 6.92 Å². The zero-order valence-electron chi connectivity index (χ0n) is 10.3. The van der Waals surface area contributed by atoms with Gasteiger partial charge in [-0.2, -0.15) is 0 Å². The molecule has 96 valence electrons. The normalized spacial score (nSPS) is 12.7. The molecule has 1 aromatic carbocycles. The van der Waals surface area contributed by atoms with E-state index in [2.05, 4.69) is 10.2 Å². The molecule has 1 unspecified atom stereocenters. The van der Waals surface area contributed by atoms with Crippen LogP contribution >= 0.6 is 23.4 Å². The van der Waals surface area contributed by atoms with E-state index in [0.29, 0.717) is 6.54 Å². The Morgan fingerprint density at radius 3 is 2.78 bits per heavy atom. The number of hydrogen-bond donors (Lipinski definition) is 1. The van der Waals surface area contributed by atoms with Gasteiger partial charge in [-0.1, -0.05) is 35.5 Å². The van der Waals surface area contributed by atoms with Crippen LogP contribution in [-0.4, -0.2) is 21.3 Å². The molecule has 0 spiro atoms. The summed E-state index contributed by atoms with van der Waals surface area (Å²) < 4.78 is 1.96. The Labute approximate surface area is 116 Å². The number of nitrogens with two attached hydrogens (primary N) is 1. The molecule has 0 amide bonds. The number of thioether (sulfide) groups is 1. The van der Waals surface area contributed by atoms with Gasteiger partial charge in [0.1, 0.15) is 5.82 Å². The van der Waals surface area contributed by atoms with Crippen molar-refractivity contribution in [3.8, 4) is 0 Å². The maximum absolute atomic E-state index is 6.00. The lowest BCUT2D eigenvalue weighted by Gasteiger charge is -2.14. The van der Waals surface area contributed by atoms with Crippen LogP contribution in [0.2, 0.25) is 5.02 Å². The number of nitrogens with zero attached hydrogens (tertiary/aromatic N) is 3. The predicted octanol–water partition coefficient (Wildman–Crippen LogP) is 2.57. The van der Waals surface area contributed by atoms with Crippen LogP contribution in [0.1, 0.15) is 16.6 Å². The van der Waals surface area contributed by atoms with Gasteiger partial charge in [-0.3, -0.25) is 0 Å². The summed E-state index contributed by atoms with van der Waals surface area (Å²) in [5, 5.41) is 9.90. The SMILES string of the molecule is Cc1nnc(SC(CN)c2cccc(Cl)c2)n1C. The first-order valence-corrected chi connectivity index (χ1v) is 6.85. The molecule has 6 heteroatoms. The van der Waals surface area contributed by atoms with E-state index in [9.17, 15) is 0 Å². The van der Waals surface area contributed by atoms with Gasteiger partial charge in [0, 0.05) is 23.9 Å². The largest absolute Gasteiger partial charge is 0.329 e. The Balaban J connectivity index is 2.22. The Morgan fingerprint density at radius 1 is 1.44 bits per heavy atom. The molecule has 0 fully saturated rings. The lowest BCUT2D eigenvalue weighted by molar-refractivity contribution is 0.760. The first-order valence-electron chi connectivity index (χ1n) is 5.60. The molecule has 2 N–H and O–H groups in total. The van der Waals surface area contributed by atoms with Crippen LogP contribution < -0.4 is 5.73 Å². The molecule has 4 nitrogen and oxygen atoms in total. The summed E-state index contributed by atoms with van der Waals surface area (Å²) in [5.74, 6) is 0.888. The van der Waals surface area contributed by atoms with Crippen LogP contribution in [0.15, 0.2) is 29.4 Å². The van der Waals surface area contributed by atoms with E-state index in [-0.39, 0.29) is 5.25 Å². The first kappa shape index (κ1) is 13.4. The smallest absolute Gasteiger partial charge is 0.191 e. The molecule has 1 atom stereocenters. The Kier molecular flexibility index (Phi) is 4.27. The molecular weight excluding hydrogens is 268 g/mol. The average Bonchev–Trinajstić information content (AvgIpc) is 2.67. The van der Waals surface area contributed by atoms with Crippen LogP contribution in [0.4, 0.5) is 0 Å². The number of aromatic nitrogens is 3. The van der Waals surface area contributed by atoms with E-state index in [4.69, 9.17) is 17.3 Å². The summed E-state index contributed by atoms with van der Waals surface area (Å²) in [7, 11) is 1.95. The van der Waals surface area contributed by atoms with Crippen molar-refractivity contribution < 1.29 is 0 Å². The van der Waals surface area contributed by atoms with Gasteiger partial charge >= 0.3 is 0 Å². The Hall–Kier alpha value is -1.04. The van der Waals surface area contributed by atoms with Crippen molar-refractivity contribution in [2.75, 3.05) is 6.54 Å². The third kappa shape index (κ3) is 2.85. The van der Waals surface area contributed by atoms with E-state index >= 15 is 0 Å². The van der Waals surface area contributed by atoms with Crippen molar-refractivity contribution in [3.05, 3.63) is 40.7 Å². The summed E-state index contributed by atoms with van der Waals surface area (Å²) >= 11 is 7.60. The summed E-state index contributed by atoms with van der Waals surface area (Å²) in [4.78, 5) is 0. The minimum Gasteiger partial charge on any atom is -0.329 e. The molecule has 0 bridgehead atoms. The molecule has 0 saturated carbocycles. The molecule has 0 saturated heterocycles. The third-order valence-electron chi connectivity index (χ3n) is 2.73. The molecule has 0 aliphatic rings. The van der Waals surface area contributed by atoms with Crippen LogP contribution in [0.5, 0.6) is 0 Å². The van der Waals surface area contributed by atoms with Crippen LogP contribution in [0.3, 0.4) is 0 Å². The lowest BCUT2D eigenvalue weighted by Crippen LogP contribution is -2.10. The fraction of sp³-hybridized carbons (Fsp3) is 0.333. The maximum Gasteiger partial charge on any atom is 0.191 e. The van der Waals surface area contributed by atoms with Gasteiger partial charge in [-0.25, -0.2) is 0 Å². The van der Waals surface area contributed by atoms with Crippen LogP contribution in [-0.2, 0) is 7.05 Å². The highest BCUT2D eigenvalue weighted by Crippen LogP contribution is 2.34. The fourth-order valence-electron chi connectivity index (χ4n) is 1.58. The van der Waals surface area contributed by atoms with Gasteiger partial charge in [-0.15, -0.1) is 10.2 Å². The van der Waals surface area contributed by atoms with Crippen molar-refractivity contribution >= 4 is 23.4 Å². The minimum absolute atomic E-state index is 0.131. The molecule has 0 radical (unpaired) electrons. The molecule has 2 aromatic rings. The quantitative estimate of drug-likeness (QED) is 0.876. The number of aryl methyl sites for hydroxylation is 1. The highest BCUT2D eigenvalue weighted by molar-refractivity contribution is 7.99. The monoisotopic (exact) mass is 282 g/mol. The van der Waals surface area contributed by atoms with Gasteiger partial charge in [0.15, 0.2) is 5.16 Å². The zero-order valence-corrected chi connectivity index (χ0v) is 11.9. The van der Waals surface area contributed by atoms with Crippen molar-refractivity contribution in [1.82, 2.24) is 14.8 Å². The number of benzene rings is 1. The predicted molar refractivity (Wildman–Crippen MR) is 74.8 cm³/mol. The molecule has 0 aliphatic carbocycles. The summed E-state index contributed by atoms with van der Waals surface area (Å²) in [6.45, 7) is 2.45. The molecular formula is C12H15ClN4S. The van der Waals surface area contributed by atoms with Crippen molar-refractivity contribution in [1.29, 1.82) is 0 Å². The molecule has 1 aromatic heterocycles. The van der Waals surface area contributed by atoms with Gasteiger partial charge in [-0.05, 0) is 24.6 Å². The topological polar surface area (TPSA) is 56.7 Å². The fourth-order valence-corrected chi connectivity index (χ4v) is 2.79. The van der Waals surface area contributed by atoms with Gasteiger partial charge < -0.3 is 10.3 Å². The summed E-state index contributed by atoms with van der Waals surface area (Å²) in [5.41, 5.74) is 6.95. The minimum atomic E-state index is 0.131. The van der Waals surface area contributed by atoms with Gasteiger partial charge in [0.25, 0.3) is 0 Å². The van der Waals surface area contributed by atoms with Crippen LogP contribution in [0.25, 0.3) is 0 Å². The lowest BCUT2D eigenvalue weighted by atomic mass is 10.1. The second-order valence-corrected chi connectivity index (χ2v) is 5.59.